The van der Waals surface area contributed by atoms with Crippen LogP contribution in [-0.4, -0.2) is 55.7 Å². The molecule has 1 rings (SSSR count). The van der Waals surface area contributed by atoms with Gasteiger partial charge in [0, 0.05) is 19.2 Å². The number of pyridine rings is 1. The third-order valence-corrected chi connectivity index (χ3v) is 3.42. The van der Waals surface area contributed by atoms with Gasteiger partial charge in [0.1, 0.15) is 11.9 Å². The number of rotatable bonds is 9. The minimum absolute atomic E-state index is 0.00841. The van der Waals surface area contributed by atoms with Crippen LogP contribution in [0.4, 0.5) is 10.6 Å². The highest BCUT2D eigenvalue weighted by Gasteiger charge is 2.22. The maximum Gasteiger partial charge on any atom is 0.407 e. The van der Waals surface area contributed by atoms with Gasteiger partial charge in [0.25, 0.3) is 0 Å². The molecule has 1 atom stereocenters. The van der Waals surface area contributed by atoms with Crippen molar-refractivity contribution < 1.29 is 28.7 Å². The van der Waals surface area contributed by atoms with E-state index in [1.807, 2.05) is 0 Å². The molecule has 0 aliphatic carbocycles. The van der Waals surface area contributed by atoms with Gasteiger partial charge >= 0.3 is 12.1 Å². The highest BCUT2D eigenvalue weighted by Crippen LogP contribution is 2.02. The first-order chi connectivity index (χ1) is 12.8. The fourth-order valence-electron chi connectivity index (χ4n) is 1.99. The zero-order valence-electron chi connectivity index (χ0n) is 15.1. The standard InChI is InChI=1S/C16H23N5O6/c1-26-14(23)4-3-11(21-16(25)27-2)15(24)20-9-13(22)19-8-10-5-6-18-12(17)7-10/h5-7,11H,3-4,8-9H2,1-2H3,(H2,17,18)(H,19,22)(H,20,24)(H,21,25)/t11-/m0/s1. The highest BCUT2D eigenvalue weighted by molar-refractivity contribution is 5.89. The van der Waals surface area contributed by atoms with E-state index in [0.29, 0.717) is 5.82 Å². The molecule has 0 saturated carbocycles. The average Bonchev–Trinajstić information content (AvgIpc) is 2.67. The maximum absolute atomic E-state index is 12.2. The molecular formula is C16H23N5O6. The van der Waals surface area contributed by atoms with Gasteiger partial charge in [-0.2, -0.15) is 0 Å². The molecular weight excluding hydrogens is 358 g/mol. The van der Waals surface area contributed by atoms with Crippen LogP contribution < -0.4 is 21.7 Å². The van der Waals surface area contributed by atoms with Gasteiger partial charge in [-0.05, 0) is 24.1 Å². The summed E-state index contributed by atoms with van der Waals surface area (Å²) in [6.07, 6.45) is 0.586. The van der Waals surface area contributed by atoms with Crippen molar-refractivity contribution in [3.63, 3.8) is 0 Å². The molecule has 11 heteroatoms. The van der Waals surface area contributed by atoms with Gasteiger partial charge in [0.2, 0.25) is 11.8 Å². The molecule has 0 spiro atoms. The molecule has 0 unspecified atom stereocenters. The largest absolute Gasteiger partial charge is 0.469 e. The van der Waals surface area contributed by atoms with E-state index >= 15 is 0 Å². The number of hydrogen-bond donors (Lipinski definition) is 4. The average molecular weight is 381 g/mol. The predicted octanol–water partition coefficient (Wildman–Crippen LogP) is -0.926. The number of methoxy groups -OCH3 is 2. The van der Waals surface area contributed by atoms with Crippen LogP contribution in [0.1, 0.15) is 18.4 Å². The number of carbonyl (C=O) groups excluding carboxylic acids is 4. The lowest BCUT2D eigenvalue weighted by Crippen LogP contribution is -2.49. The molecule has 1 aromatic rings. The highest BCUT2D eigenvalue weighted by atomic mass is 16.5. The lowest BCUT2D eigenvalue weighted by molar-refractivity contribution is -0.141. The minimum atomic E-state index is -1.05. The van der Waals surface area contributed by atoms with E-state index in [9.17, 15) is 19.2 Å². The summed E-state index contributed by atoms with van der Waals surface area (Å²) in [5, 5.41) is 7.30. The van der Waals surface area contributed by atoms with Gasteiger partial charge < -0.3 is 31.2 Å². The lowest BCUT2D eigenvalue weighted by atomic mass is 10.1. The monoisotopic (exact) mass is 381 g/mol. The number of nitrogens with zero attached hydrogens (tertiary/aromatic N) is 1. The van der Waals surface area contributed by atoms with Crippen molar-refractivity contribution in [3.05, 3.63) is 23.9 Å². The molecule has 0 aromatic carbocycles. The molecule has 27 heavy (non-hydrogen) atoms. The molecule has 0 radical (unpaired) electrons. The normalized spacial score (nSPS) is 11.0. The Bertz CT molecular complexity index is 681. The first-order valence-electron chi connectivity index (χ1n) is 8.01. The summed E-state index contributed by atoms with van der Waals surface area (Å²) < 4.78 is 8.95. The van der Waals surface area contributed by atoms with E-state index in [1.165, 1.54) is 13.3 Å². The molecule has 1 aromatic heterocycles. The molecule has 11 nitrogen and oxygen atoms in total. The van der Waals surface area contributed by atoms with Crippen LogP contribution in [0.3, 0.4) is 0 Å². The van der Waals surface area contributed by atoms with Crippen molar-refractivity contribution in [1.29, 1.82) is 0 Å². The van der Waals surface area contributed by atoms with Crippen LogP contribution in [-0.2, 0) is 30.4 Å². The summed E-state index contributed by atoms with van der Waals surface area (Å²) in [7, 11) is 2.36. The summed E-state index contributed by atoms with van der Waals surface area (Å²) in [6.45, 7) is -0.0927. The summed E-state index contributed by atoms with van der Waals surface area (Å²) in [6, 6.07) is 2.25. The second-order valence-corrected chi connectivity index (χ2v) is 5.39. The summed E-state index contributed by atoms with van der Waals surface area (Å²) in [5.41, 5.74) is 6.30. The predicted molar refractivity (Wildman–Crippen MR) is 94.1 cm³/mol. The van der Waals surface area contributed by atoms with Crippen molar-refractivity contribution in [2.24, 2.45) is 0 Å². The number of amides is 3. The summed E-state index contributed by atoms with van der Waals surface area (Å²) in [4.78, 5) is 50.5. The third kappa shape index (κ3) is 8.52. The fourth-order valence-corrected chi connectivity index (χ4v) is 1.99. The number of carbonyl (C=O) groups is 4. The molecule has 1 heterocycles. The van der Waals surface area contributed by atoms with E-state index in [0.717, 1.165) is 12.7 Å². The van der Waals surface area contributed by atoms with E-state index in [4.69, 9.17) is 5.73 Å². The lowest BCUT2D eigenvalue weighted by Gasteiger charge is -2.17. The van der Waals surface area contributed by atoms with Crippen LogP contribution in [0.25, 0.3) is 0 Å². The molecule has 5 N–H and O–H groups in total. The quantitative estimate of drug-likeness (QED) is 0.399. The second kappa shape index (κ2) is 11.3. The van der Waals surface area contributed by atoms with Gasteiger partial charge in [-0.1, -0.05) is 0 Å². The van der Waals surface area contributed by atoms with Gasteiger partial charge in [0.05, 0.1) is 20.8 Å². The Hall–Kier alpha value is -3.37. The Morgan fingerprint density at radius 3 is 2.56 bits per heavy atom. The minimum Gasteiger partial charge on any atom is -0.469 e. The Morgan fingerprint density at radius 2 is 1.93 bits per heavy atom. The zero-order chi connectivity index (χ0) is 20.2. The Labute approximate surface area is 156 Å². The Kier molecular flexibility index (Phi) is 9.06. The number of anilines is 1. The molecule has 0 bridgehead atoms. The topological polar surface area (TPSA) is 162 Å². The summed E-state index contributed by atoms with van der Waals surface area (Å²) in [5.74, 6) is -1.28. The van der Waals surface area contributed by atoms with Crippen LogP contribution in [0.2, 0.25) is 0 Å². The molecule has 0 fully saturated rings. The second-order valence-electron chi connectivity index (χ2n) is 5.39. The first-order valence-corrected chi connectivity index (χ1v) is 8.01. The first kappa shape index (κ1) is 21.7. The summed E-state index contributed by atoms with van der Waals surface area (Å²) >= 11 is 0. The maximum atomic E-state index is 12.2. The number of ether oxygens (including phenoxy) is 2. The molecule has 0 aliphatic heterocycles. The van der Waals surface area contributed by atoms with Crippen molar-refractivity contribution in [1.82, 2.24) is 20.9 Å². The number of nitrogens with two attached hydrogens (primary N) is 1. The van der Waals surface area contributed by atoms with E-state index in [-0.39, 0.29) is 25.9 Å². The smallest absolute Gasteiger partial charge is 0.407 e. The fraction of sp³-hybridized carbons (Fsp3) is 0.438. The van der Waals surface area contributed by atoms with E-state index < -0.39 is 29.9 Å². The third-order valence-electron chi connectivity index (χ3n) is 3.42. The number of aromatic nitrogens is 1. The number of alkyl carbamates (subject to hydrolysis) is 1. The number of nitrogens with one attached hydrogen (secondary N) is 3. The number of esters is 1. The van der Waals surface area contributed by atoms with Crippen molar-refractivity contribution >= 4 is 29.7 Å². The molecule has 0 saturated heterocycles. The van der Waals surface area contributed by atoms with Gasteiger partial charge in [-0.25, -0.2) is 9.78 Å². The van der Waals surface area contributed by atoms with Gasteiger partial charge in [-0.3, -0.25) is 14.4 Å². The zero-order valence-corrected chi connectivity index (χ0v) is 15.1. The van der Waals surface area contributed by atoms with Crippen molar-refractivity contribution in [2.45, 2.75) is 25.4 Å². The van der Waals surface area contributed by atoms with Gasteiger partial charge in [0.15, 0.2) is 0 Å². The SMILES string of the molecule is COC(=O)CC[C@H](NC(=O)OC)C(=O)NCC(=O)NCc1ccnc(N)c1. The van der Waals surface area contributed by atoms with E-state index in [1.54, 1.807) is 12.1 Å². The van der Waals surface area contributed by atoms with E-state index in [2.05, 4.69) is 30.4 Å². The Balaban J connectivity index is 2.49. The van der Waals surface area contributed by atoms with Crippen LogP contribution in [0.5, 0.6) is 0 Å². The molecule has 3 amide bonds. The number of hydrogen-bond acceptors (Lipinski definition) is 8. The van der Waals surface area contributed by atoms with Crippen LogP contribution >= 0.6 is 0 Å². The molecule has 0 aliphatic rings. The Morgan fingerprint density at radius 1 is 1.19 bits per heavy atom. The van der Waals surface area contributed by atoms with Crippen molar-refractivity contribution in [3.8, 4) is 0 Å². The number of nitrogen functional groups attached to an aromatic ring is 1. The molecule has 148 valence electrons. The van der Waals surface area contributed by atoms with Crippen molar-refractivity contribution in [2.75, 3.05) is 26.5 Å². The van der Waals surface area contributed by atoms with Crippen LogP contribution in [0.15, 0.2) is 18.3 Å². The van der Waals surface area contributed by atoms with Crippen LogP contribution in [0, 0.1) is 0 Å². The van der Waals surface area contributed by atoms with Gasteiger partial charge in [-0.15, -0.1) is 0 Å².